The predicted octanol–water partition coefficient (Wildman–Crippen LogP) is 3.82. The number of rotatable bonds is 4. The summed E-state index contributed by atoms with van der Waals surface area (Å²) in [6, 6.07) is 4.72. The molecule has 17 heavy (non-hydrogen) atoms. The van der Waals surface area contributed by atoms with Gasteiger partial charge in [0.25, 0.3) is 0 Å². The van der Waals surface area contributed by atoms with E-state index in [1.807, 2.05) is 23.5 Å². The summed E-state index contributed by atoms with van der Waals surface area (Å²) in [7, 11) is 0. The molecule has 2 rings (SSSR count). The van der Waals surface area contributed by atoms with Crippen molar-refractivity contribution in [2.24, 2.45) is 5.73 Å². The molecule has 0 unspecified atom stereocenters. The smallest absolute Gasteiger partial charge is 0.0111 e. The molecule has 0 saturated heterocycles. The maximum Gasteiger partial charge on any atom is 0.0111 e. The zero-order valence-electron chi connectivity index (χ0n) is 10.9. The Labute approximate surface area is 113 Å². The first-order valence-electron chi connectivity index (χ1n) is 6.10. The molecular weight excluding hydrogens is 246 g/mol. The van der Waals surface area contributed by atoms with E-state index in [2.05, 4.69) is 31.6 Å². The monoisotopic (exact) mass is 267 g/mol. The van der Waals surface area contributed by atoms with Crippen molar-refractivity contribution in [3.8, 4) is 0 Å². The molecule has 2 N–H and O–H groups in total. The van der Waals surface area contributed by atoms with Gasteiger partial charge in [-0.2, -0.15) is 0 Å². The van der Waals surface area contributed by atoms with Crippen LogP contribution in [0.2, 0.25) is 0 Å². The van der Waals surface area contributed by atoms with Crippen LogP contribution in [-0.4, -0.2) is 19.1 Å². The largest absolute Gasteiger partial charge is 0.330 e. The third kappa shape index (κ3) is 2.25. The van der Waals surface area contributed by atoms with Gasteiger partial charge in [-0.05, 0) is 55.5 Å². The van der Waals surface area contributed by atoms with Crippen molar-refractivity contribution < 1.29 is 0 Å². The van der Waals surface area contributed by atoms with Crippen molar-refractivity contribution in [1.29, 1.82) is 0 Å². The van der Waals surface area contributed by atoms with Gasteiger partial charge in [0.05, 0.1) is 0 Å². The summed E-state index contributed by atoms with van der Waals surface area (Å²) in [5, 5.41) is 0. The molecule has 0 bridgehead atoms. The molecule has 1 aromatic carbocycles. The normalized spacial score (nSPS) is 17.9. The molecule has 1 fully saturated rings. The SMILES string of the molecule is CSc1cc(C2(CN)CCC2)c(SC)cc1C. The van der Waals surface area contributed by atoms with Gasteiger partial charge in [0.15, 0.2) is 0 Å². The number of aryl methyl sites for hydroxylation is 1. The molecule has 1 aliphatic rings. The molecule has 1 saturated carbocycles. The summed E-state index contributed by atoms with van der Waals surface area (Å²) < 4.78 is 0. The summed E-state index contributed by atoms with van der Waals surface area (Å²) >= 11 is 3.70. The minimum Gasteiger partial charge on any atom is -0.330 e. The van der Waals surface area contributed by atoms with Crippen LogP contribution in [0, 0.1) is 6.92 Å². The highest BCUT2D eigenvalue weighted by Crippen LogP contribution is 2.47. The molecule has 0 atom stereocenters. The summed E-state index contributed by atoms with van der Waals surface area (Å²) in [6.45, 7) is 2.99. The van der Waals surface area contributed by atoms with Crippen molar-refractivity contribution in [3.05, 3.63) is 23.3 Å². The van der Waals surface area contributed by atoms with E-state index in [0.29, 0.717) is 0 Å². The molecular formula is C14H21NS2. The molecule has 0 heterocycles. The van der Waals surface area contributed by atoms with Crippen molar-refractivity contribution in [3.63, 3.8) is 0 Å². The van der Waals surface area contributed by atoms with Crippen molar-refractivity contribution in [2.75, 3.05) is 19.1 Å². The Morgan fingerprint density at radius 1 is 1.18 bits per heavy atom. The average Bonchev–Trinajstić information content (AvgIpc) is 2.29. The number of thioether (sulfide) groups is 2. The van der Waals surface area contributed by atoms with Gasteiger partial charge in [-0.15, -0.1) is 23.5 Å². The summed E-state index contributed by atoms with van der Waals surface area (Å²) in [6.07, 6.45) is 8.16. The Bertz CT molecular complexity index is 405. The third-order valence-corrected chi connectivity index (χ3v) is 5.65. The average molecular weight is 267 g/mol. The van der Waals surface area contributed by atoms with Crippen LogP contribution >= 0.6 is 23.5 Å². The third-order valence-electron chi connectivity index (χ3n) is 3.99. The van der Waals surface area contributed by atoms with Crippen molar-refractivity contribution in [2.45, 2.75) is 41.4 Å². The Morgan fingerprint density at radius 2 is 1.82 bits per heavy atom. The van der Waals surface area contributed by atoms with E-state index in [0.717, 1.165) is 6.54 Å². The first-order chi connectivity index (χ1) is 8.16. The van der Waals surface area contributed by atoms with Gasteiger partial charge < -0.3 is 5.73 Å². The van der Waals surface area contributed by atoms with Gasteiger partial charge >= 0.3 is 0 Å². The van der Waals surface area contributed by atoms with Crippen molar-refractivity contribution in [1.82, 2.24) is 0 Å². The Balaban J connectivity index is 2.50. The Kier molecular flexibility index (Phi) is 4.11. The van der Waals surface area contributed by atoms with Crippen LogP contribution in [-0.2, 0) is 5.41 Å². The van der Waals surface area contributed by atoms with Crippen LogP contribution in [0.15, 0.2) is 21.9 Å². The van der Waals surface area contributed by atoms with Gasteiger partial charge in [-0.1, -0.05) is 6.42 Å². The number of hydrogen-bond donors (Lipinski definition) is 1. The Hall–Kier alpha value is -0.120. The standard InChI is InChI=1S/C14H21NS2/c1-10-7-13(17-3)11(8-12(10)16-2)14(9-15)5-4-6-14/h7-8H,4-6,9,15H2,1-3H3. The zero-order valence-corrected chi connectivity index (χ0v) is 12.5. The highest BCUT2D eigenvalue weighted by atomic mass is 32.2. The zero-order chi connectivity index (χ0) is 12.5. The highest BCUT2D eigenvalue weighted by molar-refractivity contribution is 7.99. The summed E-state index contributed by atoms with van der Waals surface area (Å²) in [5.41, 5.74) is 9.19. The van der Waals surface area contributed by atoms with E-state index in [1.54, 1.807) is 0 Å². The fourth-order valence-corrected chi connectivity index (χ4v) is 4.06. The topological polar surface area (TPSA) is 26.0 Å². The number of hydrogen-bond acceptors (Lipinski definition) is 3. The second kappa shape index (κ2) is 5.25. The van der Waals surface area contributed by atoms with E-state index in [-0.39, 0.29) is 5.41 Å². The maximum absolute atomic E-state index is 6.04. The summed E-state index contributed by atoms with van der Waals surface area (Å²) in [4.78, 5) is 2.82. The van der Waals surface area contributed by atoms with E-state index in [9.17, 15) is 0 Å². The van der Waals surface area contributed by atoms with Crippen LogP contribution in [0.25, 0.3) is 0 Å². The van der Waals surface area contributed by atoms with Crippen LogP contribution < -0.4 is 5.73 Å². The second-order valence-electron chi connectivity index (χ2n) is 4.86. The number of benzene rings is 1. The van der Waals surface area contributed by atoms with Crippen LogP contribution in [0.1, 0.15) is 30.4 Å². The fourth-order valence-electron chi connectivity index (χ4n) is 2.65. The van der Waals surface area contributed by atoms with E-state index < -0.39 is 0 Å². The predicted molar refractivity (Wildman–Crippen MR) is 79.3 cm³/mol. The molecule has 0 aliphatic heterocycles. The molecule has 94 valence electrons. The quantitative estimate of drug-likeness (QED) is 0.840. The highest BCUT2D eigenvalue weighted by Gasteiger charge is 2.39. The lowest BCUT2D eigenvalue weighted by molar-refractivity contribution is 0.248. The minimum atomic E-state index is 0.274. The van der Waals surface area contributed by atoms with Gasteiger partial charge in [0.2, 0.25) is 0 Å². The second-order valence-corrected chi connectivity index (χ2v) is 6.56. The fraction of sp³-hybridized carbons (Fsp3) is 0.571. The van der Waals surface area contributed by atoms with E-state index in [4.69, 9.17) is 5.73 Å². The van der Waals surface area contributed by atoms with Gasteiger partial charge in [0, 0.05) is 21.8 Å². The molecule has 0 radical (unpaired) electrons. The lowest BCUT2D eigenvalue weighted by Gasteiger charge is -2.42. The maximum atomic E-state index is 6.04. The first kappa shape index (κ1) is 13.3. The lowest BCUT2D eigenvalue weighted by atomic mass is 9.64. The molecule has 1 nitrogen and oxygen atoms in total. The molecule has 1 aromatic rings. The molecule has 0 aromatic heterocycles. The number of nitrogens with two attached hydrogens (primary N) is 1. The lowest BCUT2D eigenvalue weighted by Crippen LogP contribution is -2.42. The molecule has 0 spiro atoms. The molecule has 1 aliphatic carbocycles. The van der Waals surface area contributed by atoms with Crippen molar-refractivity contribution >= 4 is 23.5 Å². The van der Waals surface area contributed by atoms with Gasteiger partial charge in [-0.25, -0.2) is 0 Å². The van der Waals surface area contributed by atoms with Gasteiger partial charge in [-0.3, -0.25) is 0 Å². The van der Waals surface area contributed by atoms with Crippen LogP contribution in [0.4, 0.5) is 0 Å². The van der Waals surface area contributed by atoms with Gasteiger partial charge in [0.1, 0.15) is 0 Å². The van der Waals surface area contributed by atoms with Crippen LogP contribution in [0.5, 0.6) is 0 Å². The Morgan fingerprint density at radius 3 is 2.24 bits per heavy atom. The summed E-state index contributed by atoms with van der Waals surface area (Å²) in [5.74, 6) is 0. The minimum absolute atomic E-state index is 0.274. The van der Waals surface area contributed by atoms with E-state index in [1.165, 1.54) is 40.2 Å². The molecule has 3 heteroatoms. The first-order valence-corrected chi connectivity index (χ1v) is 8.55. The van der Waals surface area contributed by atoms with E-state index >= 15 is 0 Å². The van der Waals surface area contributed by atoms with Crippen LogP contribution in [0.3, 0.4) is 0 Å². The molecule has 0 amide bonds.